The van der Waals surface area contributed by atoms with Crippen molar-refractivity contribution in [1.29, 1.82) is 5.41 Å². The third-order valence-corrected chi connectivity index (χ3v) is 18.7. The van der Waals surface area contributed by atoms with Crippen molar-refractivity contribution in [2.45, 2.75) is 192 Å². The van der Waals surface area contributed by atoms with Gasteiger partial charge in [-0.15, -0.1) is 0 Å². The van der Waals surface area contributed by atoms with Crippen molar-refractivity contribution in [3.63, 3.8) is 0 Å². The average molecular weight is 1140 g/mol. The van der Waals surface area contributed by atoms with Crippen LogP contribution in [0.15, 0.2) is 54.6 Å². The molecule has 0 unspecified atom stereocenters. The summed E-state index contributed by atoms with van der Waals surface area (Å²) in [5, 5.41) is 38.5. The van der Waals surface area contributed by atoms with Gasteiger partial charge in [0.2, 0.25) is 0 Å². The zero-order valence-corrected chi connectivity index (χ0v) is 49.2. The van der Waals surface area contributed by atoms with Crippen LogP contribution in [0.25, 0.3) is 0 Å². The van der Waals surface area contributed by atoms with Gasteiger partial charge in [0, 0.05) is 68.4 Å². The standard InChI is InChI=1S/C22H31BN2O4.C21H31BN2O4.C20H28BNO4/c1-14(26)20-4-2-3-17-12-18(23(28)29-22(17)20)13-19(27)10-9-15-5-7-16(8-6-15)11-21(24)25;1-13(25)20-4-2-3-15-9-18(22(27)28-21(15)20)10-19(26)8-14-5-6-16(11-23)17(7-14)12-24;1-13(23)19-4-2-3-15-11-16(21(25)26-20(15)19)12-18(24)10-7-14-5-8-17(22)9-6-14/h2-4,15-16,18,28H,5-13H2,1H3,(H3,24,25);2-4,14,16-18,27H,5-12,23-24H2,1H3;2-4,14,16-17,25H,5-12,22H2,1H3/t15?,16?,18-;14-,16+,17+,18+;14?,16-,17?/m101/s1. The second-order valence-corrected chi connectivity index (χ2v) is 25.0. The first kappa shape index (κ1) is 65.1. The van der Waals surface area contributed by atoms with Gasteiger partial charge in [0.1, 0.15) is 34.6 Å². The molecule has 3 saturated carbocycles. The van der Waals surface area contributed by atoms with Crippen LogP contribution in [-0.4, -0.2) is 96.1 Å². The summed E-state index contributed by atoms with van der Waals surface area (Å²) in [6.45, 7) is 5.73. The molecule has 6 aliphatic rings. The number of para-hydroxylation sites is 3. The van der Waals surface area contributed by atoms with Crippen LogP contribution in [-0.2, 0) is 33.6 Å². The molecule has 83 heavy (non-hydrogen) atoms. The average Bonchev–Trinajstić information content (AvgIpc) is 3.65. The van der Waals surface area contributed by atoms with Gasteiger partial charge in [-0.1, -0.05) is 49.2 Å². The Morgan fingerprint density at radius 3 is 1.23 bits per heavy atom. The van der Waals surface area contributed by atoms with Gasteiger partial charge in [-0.05, 0) is 194 Å². The molecule has 3 aliphatic heterocycles. The van der Waals surface area contributed by atoms with Gasteiger partial charge in [-0.25, -0.2) is 0 Å². The SMILES string of the molecule is CC(=O)c1cccc2c1OB(O)[C@@H](CC(=O)CCC1CCC(CC(=N)N)CC1)C2.CC(=O)c1cccc2c1OB(O)[C@@H](CC(=O)CCC1CCC(N)CC1)C2.CC(=O)c1cccc2c1OB(O)[C@@H](CC(=O)C[C@H]1CC[C@H](CN)[C@@H](CN)C1)C2. The molecule has 9 rings (SSSR count). The Labute approximate surface area is 491 Å². The first-order valence-electron chi connectivity index (χ1n) is 30.7. The lowest BCUT2D eigenvalue weighted by Crippen LogP contribution is -2.37. The minimum Gasteiger partial charge on any atom is -0.535 e. The number of hydrogen-bond donors (Lipinski definition) is 8. The molecule has 6 atom stereocenters. The highest BCUT2D eigenvalue weighted by Gasteiger charge is 2.41. The number of amidine groups is 1. The summed E-state index contributed by atoms with van der Waals surface area (Å²) in [7, 11) is -3.17. The number of Topliss-reactive ketones (excluding diaryl/α,β-unsaturated/α-hetero) is 6. The van der Waals surface area contributed by atoms with E-state index in [1.54, 1.807) is 18.2 Å². The van der Waals surface area contributed by atoms with E-state index in [0.29, 0.717) is 146 Å². The van der Waals surface area contributed by atoms with Crippen molar-refractivity contribution in [3.05, 3.63) is 88.0 Å². The predicted molar refractivity (Wildman–Crippen MR) is 324 cm³/mol. The van der Waals surface area contributed by atoms with Gasteiger partial charge < -0.3 is 52.0 Å². The highest BCUT2D eigenvalue weighted by Crippen LogP contribution is 2.42. The lowest BCUT2D eigenvalue weighted by atomic mass is 9.63. The zero-order chi connectivity index (χ0) is 59.9. The normalized spacial score (nSPS) is 25.4. The van der Waals surface area contributed by atoms with Crippen LogP contribution >= 0.6 is 0 Å². The summed E-state index contributed by atoms with van der Waals surface area (Å²) in [5.74, 6) is 3.97. The molecule has 3 aromatic carbocycles. The summed E-state index contributed by atoms with van der Waals surface area (Å²) < 4.78 is 16.9. The molecule has 0 spiro atoms. The third kappa shape index (κ3) is 18.5. The molecule has 448 valence electrons. The highest BCUT2D eigenvalue weighted by molar-refractivity contribution is 6.48. The summed E-state index contributed by atoms with van der Waals surface area (Å²) in [6.07, 6.45) is 18.4. The monoisotopic (exact) mass is 1140 g/mol. The lowest BCUT2D eigenvalue weighted by Gasteiger charge is -2.35. The van der Waals surface area contributed by atoms with Gasteiger partial charge in [-0.3, -0.25) is 34.2 Å². The fraction of sp³-hybridized carbons (Fsp3) is 0.603. The fourth-order valence-electron chi connectivity index (χ4n) is 13.7. The third-order valence-electron chi connectivity index (χ3n) is 18.7. The van der Waals surface area contributed by atoms with E-state index < -0.39 is 21.4 Å². The van der Waals surface area contributed by atoms with Crippen LogP contribution in [0.2, 0.25) is 17.5 Å². The van der Waals surface area contributed by atoms with E-state index in [-0.39, 0.29) is 64.4 Å². The second-order valence-electron chi connectivity index (χ2n) is 25.0. The van der Waals surface area contributed by atoms with Crippen molar-refractivity contribution in [1.82, 2.24) is 0 Å². The van der Waals surface area contributed by atoms with E-state index >= 15 is 0 Å². The highest BCUT2D eigenvalue weighted by atomic mass is 16.5. The summed E-state index contributed by atoms with van der Waals surface area (Å²) >= 11 is 0. The van der Waals surface area contributed by atoms with E-state index in [0.717, 1.165) is 100 Å². The maximum atomic E-state index is 12.7. The van der Waals surface area contributed by atoms with Crippen LogP contribution < -0.4 is 36.9 Å². The Morgan fingerprint density at radius 2 is 0.855 bits per heavy atom. The molecule has 0 aromatic heterocycles. The number of hydrogen-bond acceptors (Lipinski definition) is 16. The van der Waals surface area contributed by atoms with E-state index in [1.807, 2.05) is 36.4 Å². The topological polar surface area (TPSA) is 319 Å². The Bertz CT molecular complexity index is 2750. The summed E-state index contributed by atoms with van der Waals surface area (Å²) in [5.41, 5.74) is 27.3. The van der Waals surface area contributed by atoms with Crippen LogP contribution in [0.5, 0.6) is 17.2 Å². The van der Waals surface area contributed by atoms with E-state index in [2.05, 4.69) is 0 Å². The summed E-state index contributed by atoms with van der Waals surface area (Å²) in [4.78, 5) is 72.9. The Kier molecular flexibility index (Phi) is 24.3. The molecule has 3 heterocycles. The van der Waals surface area contributed by atoms with Gasteiger partial charge in [0.05, 0.1) is 22.5 Å². The quantitative estimate of drug-likeness (QED) is 0.0215. The molecule has 17 nitrogen and oxygen atoms in total. The minimum atomic E-state index is -1.07. The minimum absolute atomic E-state index is 0.0872. The molecular formula is C63H90B3N5O12. The molecule has 0 saturated heterocycles. The largest absolute Gasteiger partial charge is 0.535 e. The van der Waals surface area contributed by atoms with Crippen molar-refractivity contribution >= 4 is 61.9 Å². The number of ketones is 6. The van der Waals surface area contributed by atoms with Gasteiger partial charge >= 0.3 is 21.4 Å². The first-order valence-corrected chi connectivity index (χ1v) is 30.7. The Hall–Kier alpha value is -5.50. The number of fused-ring (bicyclic) bond motifs is 3. The van der Waals surface area contributed by atoms with Crippen molar-refractivity contribution in [2.24, 2.45) is 58.4 Å². The van der Waals surface area contributed by atoms with Crippen LogP contribution in [0.3, 0.4) is 0 Å². The van der Waals surface area contributed by atoms with Gasteiger partial charge in [0.15, 0.2) is 17.3 Å². The number of carbonyl (C=O) groups excluding carboxylic acids is 6. The second kappa shape index (κ2) is 31.1. The van der Waals surface area contributed by atoms with Gasteiger partial charge in [0.25, 0.3) is 0 Å². The molecule has 3 aromatic rings. The lowest BCUT2D eigenvalue weighted by molar-refractivity contribution is -0.121. The molecule has 0 radical (unpaired) electrons. The Balaban J connectivity index is 0.000000179. The van der Waals surface area contributed by atoms with E-state index in [9.17, 15) is 43.8 Å². The molecule has 12 N–H and O–H groups in total. The van der Waals surface area contributed by atoms with E-state index in [4.69, 9.17) is 42.3 Å². The van der Waals surface area contributed by atoms with Crippen molar-refractivity contribution in [2.75, 3.05) is 13.1 Å². The Morgan fingerprint density at radius 1 is 0.494 bits per heavy atom. The summed E-state index contributed by atoms with van der Waals surface area (Å²) in [6, 6.07) is 16.6. The van der Waals surface area contributed by atoms with Crippen molar-refractivity contribution < 1.29 is 57.8 Å². The van der Waals surface area contributed by atoms with E-state index in [1.165, 1.54) is 20.8 Å². The molecular weight excluding hydrogens is 1050 g/mol. The van der Waals surface area contributed by atoms with Crippen molar-refractivity contribution in [3.8, 4) is 17.2 Å². The number of benzene rings is 3. The first-order chi connectivity index (χ1) is 39.7. The maximum absolute atomic E-state index is 12.7. The molecule has 3 aliphatic carbocycles. The maximum Gasteiger partial charge on any atom is 0.526 e. The number of nitrogens with two attached hydrogens (primary N) is 4. The van der Waals surface area contributed by atoms with Gasteiger partial charge in [-0.2, -0.15) is 0 Å². The smallest absolute Gasteiger partial charge is 0.526 e. The molecule has 0 amide bonds. The molecule has 0 bridgehead atoms. The van der Waals surface area contributed by atoms with Crippen LogP contribution in [0.4, 0.5) is 0 Å². The zero-order valence-electron chi connectivity index (χ0n) is 49.2. The predicted octanol–water partition coefficient (Wildman–Crippen LogP) is 8.45. The fourth-order valence-corrected chi connectivity index (χ4v) is 13.7. The van der Waals surface area contributed by atoms with Crippen LogP contribution in [0, 0.1) is 40.9 Å². The molecule has 20 heteroatoms. The van der Waals surface area contributed by atoms with Crippen LogP contribution in [0.1, 0.15) is 197 Å². The number of rotatable bonds is 21. The number of nitrogens with one attached hydrogen (secondary N) is 1. The molecule has 3 fully saturated rings. The number of carbonyl (C=O) groups is 6.